The van der Waals surface area contributed by atoms with Gasteiger partial charge in [0.15, 0.2) is 12.6 Å². The number of hydrogen-bond acceptors (Lipinski definition) is 6. The molecule has 8 heteroatoms. The van der Waals surface area contributed by atoms with Crippen molar-refractivity contribution in [2.24, 2.45) is 0 Å². The summed E-state index contributed by atoms with van der Waals surface area (Å²) in [7, 11) is 0. The summed E-state index contributed by atoms with van der Waals surface area (Å²) in [6.07, 6.45) is 1.42. The van der Waals surface area contributed by atoms with Crippen LogP contribution in [0.5, 0.6) is 5.75 Å². The van der Waals surface area contributed by atoms with Gasteiger partial charge in [-0.2, -0.15) is 0 Å². The standard InChI is InChI=1S/C22H18ClNO6/c1-13-4-5-14(9-18(13)24-21(25)19-3-2-6-28-19)22(26)29-11-16-8-17(23)7-15-10-27-12-30-20(15)16/h2-9H,10-12H2,1H3,(H,24,25). The molecule has 1 aliphatic rings. The van der Waals surface area contributed by atoms with Gasteiger partial charge in [0, 0.05) is 21.8 Å². The largest absolute Gasteiger partial charge is 0.467 e. The third-order valence-electron chi connectivity index (χ3n) is 4.58. The molecule has 0 aliphatic carbocycles. The van der Waals surface area contributed by atoms with E-state index in [9.17, 15) is 9.59 Å². The highest BCUT2D eigenvalue weighted by Gasteiger charge is 2.19. The van der Waals surface area contributed by atoms with Crippen molar-refractivity contribution in [2.75, 3.05) is 12.1 Å². The molecule has 4 rings (SSSR count). The van der Waals surface area contributed by atoms with E-state index in [1.807, 2.05) is 6.92 Å². The van der Waals surface area contributed by atoms with Gasteiger partial charge in [-0.25, -0.2) is 4.79 Å². The zero-order chi connectivity index (χ0) is 21.1. The Morgan fingerprint density at radius 3 is 2.87 bits per heavy atom. The fraction of sp³-hybridized carbons (Fsp3) is 0.182. The van der Waals surface area contributed by atoms with Gasteiger partial charge in [0.25, 0.3) is 5.91 Å². The Morgan fingerprint density at radius 1 is 1.20 bits per heavy atom. The van der Waals surface area contributed by atoms with Crippen molar-refractivity contribution >= 4 is 29.2 Å². The summed E-state index contributed by atoms with van der Waals surface area (Å²) in [5.74, 6) is -0.145. The topological polar surface area (TPSA) is 87.0 Å². The molecule has 30 heavy (non-hydrogen) atoms. The number of furan rings is 1. The van der Waals surface area contributed by atoms with Crippen LogP contribution in [0, 0.1) is 6.92 Å². The first kappa shape index (κ1) is 20.0. The van der Waals surface area contributed by atoms with Crippen LogP contribution >= 0.6 is 11.6 Å². The van der Waals surface area contributed by atoms with E-state index in [4.69, 9.17) is 30.2 Å². The van der Waals surface area contributed by atoms with Crippen LogP contribution in [0.3, 0.4) is 0 Å². The van der Waals surface area contributed by atoms with Crippen LogP contribution in [-0.4, -0.2) is 18.7 Å². The number of anilines is 1. The first-order valence-electron chi connectivity index (χ1n) is 9.16. The number of hydrogen-bond donors (Lipinski definition) is 1. The second kappa shape index (κ2) is 8.61. The van der Waals surface area contributed by atoms with Gasteiger partial charge < -0.3 is 23.9 Å². The lowest BCUT2D eigenvalue weighted by Crippen LogP contribution is -2.15. The van der Waals surface area contributed by atoms with Crippen molar-refractivity contribution in [3.63, 3.8) is 0 Å². The first-order chi connectivity index (χ1) is 14.5. The number of fused-ring (bicyclic) bond motifs is 1. The molecule has 0 unspecified atom stereocenters. The Hall–Kier alpha value is -3.29. The molecule has 1 amide bonds. The normalized spacial score (nSPS) is 12.6. The molecule has 1 aromatic heterocycles. The third kappa shape index (κ3) is 4.32. The number of esters is 1. The van der Waals surface area contributed by atoms with Gasteiger partial charge >= 0.3 is 5.97 Å². The lowest BCUT2D eigenvalue weighted by molar-refractivity contribution is -0.0180. The molecule has 7 nitrogen and oxygen atoms in total. The molecule has 1 N–H and O–H groups in total. The number of aryl methyl sites for hydroxylation is 1. The molecule has 1 aliphatic heterocycles. The number of ether oxygens (including phenoxy) is 3. The van der Waals surface area contributed by atoms with Crippen molar-refractivity contribution in [3.8, 4) is 5.75 Å². The minimum Gasteiger partial charge on any atom is -0.467 e. The Kier molecular flexibility index (Phi) is 5.74. The fourth-order valence-corrected chi connectivity index (χ4v) is 3.33. The van der Waals surface area contributed by atoms with Crippen molar-refractivity contribution in [3.05, 3.63) is 81.8 Å². The average molecular weight is 428 g/mol. The van der Waals surface area contributed by atoms with Crippen LogP contribution in [-0.2, 0) is 22.7 Å². The highest BCUT2D eigenvalue weighted by Crippen LogP contribution is 2.32. The van der Waals surface area contributed by atoms with Crippen LogP contribution in [0.4, 0.5) is 5.69 Å². The predicted octanol–water partition coefficient (Wildman–Crippen LogP) is 4.72. The second-order valence-corrected chi connectivity index (χ2v) is 7.14. The minimum absolute atomic E-state index is 0.0102. The maximum absolute atomic E-state index is 12.6. The number of carbonyl (C=O) groups is 2. The van der Waals surface area contributed by atoms with E-state index in [0.29, 0.717) is 34.2 Å². The van der Waals surface area contributed by atoms with Crippen LogP contribution in [0.2, 0.25) is 5.02 Å². The molecule has 0 atom stereocenters. The molecule has 154 valence electrons. The number of benzene rings is 2. The molecule has 3 aromatic rings. The number of nitrogens with one attached hydrogen (secondary N) is 1. The zero-order valence-corrected chi connectivity index (χ0v) is 16.8. The van der Waals surface area contributed by atoms with Crippen molar-refractivity contribution < 1.29 is 28.2 Å². The van der Waals surface area contributed by atoms with Crippen LogP contribution < -0.4 is 10.1 Å². The van der Waals surface area contributed by atoms with E-state index >= 15 is 0 Å². The highest BCUT2D eigenvalue weighted by atomic mass is 35.5. The van der Waals surface area contributed by atoms with Gasteiger partial charge in [0.05, 0.1) is 18.4 Å². The molecule has 2 heterocycles. The van der Waals surface area contributed by atoms with Gasteiger partial charge in [-0.15, -0.1) is 0 Å². The number of halogens is 1. The van der Waals surface area contributed by atoms with E-state index < -0.39 is 11.9 Å². The SMILES string of the molecule is Cc1ccc(C(=O)OCc2cc(Cl)cc3c2OCOC3)cc1NC(=O)c1ccco1. The van der Waals surface area contributed by atoms with E-state index in [2.05, 4.69) is 5.32 Å². The highest BCUT2D eigenvalue weighted by molar-refractivity contribution is 6.30. The van der Waals surface area contributed by atoms with Gasteiger partial charge in [-0.3, -0.25) is 4.79 Å². The summed E-state index contributed by atoms with van der Waals surface area (Å²) in [6, 6.07) is 11.6. The Bertz CT molecular complexity index is 1090. The summed E-state index contributed by atoms with van der Waals surface area (Å²) in [5, 5.41) is 3.24. The molecule has 0 spiro atoms. The lowest BCUT2D eigenvalue weighted by Gasteiger charge is -2.21. The summed E-state index contributed by atoms with van der Waals surface area (Å²) >= 11 is 6.14. The predicted molar refractivity (Wildman–Crippen MR) is 109 cm³/mol. The van der Waals surface area contributed by atoms with Crippen molar-refractivity contribution in [1.82, 2.24) is 0 Å². The average Bonchev–Trinajstić information content (AvgIpc) is 3.28. The molecule has 0 radical (unpaired) electrons. The second-order valence-electron chi connectivity index (χ2n) is 6.70. The van der Waals surface area contributed by atoms with E-state index in [1.165, 1.54) is 6.26 Å². The Morgan fingerprint density at radius 2 is 2.07 bits per heavy atom. The van der Waals surface area contributed by atoms with Crippen molar-refractivity contribution in [1.29, 1.82) is 0 Å². The zero-order valence-electron chi connectivity index (χ0n) is 16.1. The van der Waals surface area contributed by atoms with Gasteiger partial charge in [-0.1, -0.05) is 17.7 Å². The maximum Gasteiger partial charge on any atom is 0.338 e. The number of amides is 1. The van der Waals surface area contributed by atoms with E-state index in [1.54, 1.807) is 42.5 Å². The van der Waals surface area contributed by atoms with Crippen LogP contribution in [0.1, 0.15) is 37.6 Å². The molecule has 0 saturated carbocycles. The molecular formula is C22H18ClNO6. The van der Waals surface area contributed by atoms with Gasteiger partial charge in [-0.05, 0) is 48.9 Å². The molecule has 0 bridgehead atoms. The molecule has 0 fully saturated rings. The number of rotatable bonds is 5. The number of carbonyl (C=O) groups excluding carboxylic acids is 2. The van der Waals surface area contributed by atoms with Gasteiger partial charge in [0.2, 0.25) is 0 Å². The van der Waals surface area contributed by atoms with E-state index in [-0.39, 0.29) is 19.2 Å². The molecule has 2 aromatic carbocycles. The summed E-state index contributed by atoms with van der Waals surface area (Å²) in [5.41, 5.74) is 3.05. The fourth-order valence-electron chi connectivity index (χ4n) is 3.07. The Balaban J connectivity index is 1.48. The third-order valence-corrected chi connectivity index (χ3v) is 4.80. The molecule has 0 saturated heterocycles. The minimum atomic E-state index is -0.538. The lowest BCUT2D eigenvalue weighted by atomic mass is 10.1. The Labute approximate surface area is 177 Å². The maximum atomic E-state index is 12.6. The summed E-state index contributed by atoms with van der Waals surface area (Å²) < 4.78 is 21.3. The van der Waals surface area contributed by atoms with Crippen LogP contribution in [0.15, 0.2) is 53.1 Å². The summed E-state index contributed by atoms with van der Waals surface area (Å²) in [6.45, 7) is 2.33. The van der Waals surface area contributed by atoms with Crippen LogP contribution in [0.25, 0.3) is 0 Å². The summed E-state index contributed by atoms with van der Waals surface area (Å²) in [4.78, 5) is 24.8. The smallest absolute Gasteiger partial charge is 0.338 e. The first-order valence-corrected chi connectivity index (χ1v) is 9.53. The van der Waals surface area contributed by atoms with Crippen molar-refractivity contribution in [2.45, 2.75) is 20.1 Å². The quantitative estimate of drug-likeness (QED) is 0.593. The monoisotopic (exact) mass is 427 g/mol. The van der Waals surface area contributed by atoms with Gasteiger partial charge in [0.1, 0.15) is 12.4 Å². The molecular weight excluding hydrogens is 410 g/mol. The van der Waals surface area contributed by atoms with E-state index in [0.717, 1.165) is 11.1 Å².